The third kappa shape index (κ3) is 5.20. The van der Waals surface area contributed by atoms with Gasteiger partial charge in [-0.1, -0.05) is 30.3 Å². The van der Waals surface area contributed by atoms with Crippen LogP contribution in [0.25, 0.3) is 5.69 Å². The second-order valence-electron chi connectivity index (χ2n) is 6.90. The van der Waals surface area contributed by atoms with Crippen molar-refractivity contribution in [3.63, 3.8) is 0 Å². The standard InChI is InChI=1S/C22H26N4O2/c1-24(14-18-8-7-11-21(12-18)28-3)17-22(27)25(2)15-19-13-23-26(16-19)20-9-5-4-6-10-20/h4-13,16H,14-15,17H2,1-3H3. The average Bonchev–Trinajstić information content (AvgIpc) is 3.17. The summed E-state index contributed by atoms with van der Waals surface area (Å²) in [6, 6.07) is 17.8. The van der Waals surface area contributed by atoms with Gasteiger partial charge in [0.05, 0.1) is 25.5 Å². The maximum Gasteiger partial charge on any atom is 0.236 e. The number of para-hydroxylation sites is 1. The van der Waals surface area contributed by atoms with Crippen LogP contribution in [0.15, 0.2) is 67.0 Å². The van der Waals surface area contributed by atoms with Crippen molar-refractivity contribution in [2.75, 3.05) is 27.7 Å². The van der Waals surface area contributed by atoms with E-state index in [1.807, 2.05) is 84.5 Å². The molecule has 0 aliphatic heterocycles. The third-order valence-corrected chi connectivity index (χ3v) is 4.49. The largest absolute Gasteiger partial charge is 0.497 e. The highest BCUT2D eigenvalue weighted by Crippen LogP contribution is 2.14. The molecule has 3 aromatic rings. The summed E-state index contributed by atoms with van der Waals surface area (Å²) in [5.74, 6) is 0.891. The van der Waals surface area contributed by atoms with E-state index in [0.717, 1.165) is 22.6 Å². The van der Waals surface area contributed by atoms with Gasteiger partial charge in [0.25, 0.3) is 0 Å². The van der Waals surface area contributed by atoms with Crippen LogP contribution in [-0.4, -0.2) is 53.2 Å². The molecule has 0 saturated carbocycles. The van der Waals surface area contributed by atoms with Gasteiger partial charge in [0.1, 0.15) is 5.75 Å². The number of hydrogen-bond donors (Lipinski definition) is 0. The van der Waals surface area contributed by atoms with Crippen LogP contribution in [0.1, 0.15) is 11.1 Å². The molecule has 0 unspecified atom stereocenters. The molecule has 28 heavy (non-hydrogen) atoms. The van der Waals surface area contributed by atoms with Gasteiger partial charge in [-0.15, -0.1) is 0 Å². The first kappa shape index (κ1) is 19.6. The van der Waals surface area contributed by atoms with Gasteiger partial charge in [-0.05, 0) is 36.9 Å². The number of nitrogens with zero attached hydrogens (tertiary/aromatic N) is 4. The summed E-state index contributed by atoms with van der Waals surface area (Å²) >= 11 is 0. The van der Waals surface area contributed by atoms with Gasteiger partial charge in [0, 0.05) is 31.9 Å². The Balaban J connectivity index is 1.53. The van der Waals surface area contributed by atoms with Crippen LogP contribution in [0.3, 0.4) is 0 Å². The van der Waals surface area contributed by atoms with Gasteiger partial charge in [0.15, 0.2) is 0 Å². The van der Waals surface area contributed by atoms with Gasteiger partial charge in [-0.25, -0.2) is 4.68 Å². The Morgan fingerprint density at radius 3 is 2.57 bits per heavy atom. The van der Waals surface area contributed by atoms with Crippen LogP contribution in [-0.2, 0) is 17.9 Å². The Morgan fingerprint density at radius 2 is 1.82 bits per heavy atom. The van der Waals surface area contributed by atoms with Crippen LogP contribution in [0.4, 0.5) is 0 Å². The summed E-state index contributed by atoms with van der Waals surface area (Å²) < 4.78 is 7.08. The van der Waals surface area contributed by atoms with E-state index in [-0.39, 0.29) is 5.91 Å². The van der Waals surface area contributed by atoms with Gasteiger partial charge < -0.3 is 9.64 Å². The first-order chi connectivity index (χ1) is 13.5. The number of carbonyl (C=O) groups excluding carboxylic acids is 1. The van der Waals surface area contributed by atoms with Crippen LogP contribution in [0.2, 0.25) is 0 Å². The second-order valence-corrected chi connectivity index (χ2v) is 6.90. The molecule has 2 aromatic carbocycles. The molecule has 0 aliphatic carbocycles. The maximum absolute atomic E-state index is 12.6. The zero-order valence-corrected chi connectivity index (χ0v) is 16.6. The minimum Gasteiger partial charge on any atom is -0.497 e. The van der Waals surface area contributed by atoms with Crippen molar-refractivity contribution >= 4 is 5.91 Å². The molecule has 0 saturated heterocycles. The summed E-state index contributed by atoms with van der Waals surface area (Å²) in [7, 11) is 5.42. The number of likely N-dealkylation sites (N-methyl/N-ethyl adjacent to an activating group) is 2. The molecule has 0 bridgehead atoms. The highest BCUT2D eigenvalue weighted by Gasteiger charge is 2.14. The van der Waals surface area contributed by atoms with Crippen LogP contribution in [0.5, 0.6) is 5.75 Å². The van der Waals surface area contributed by atoms with E-state index in [4.69, 9.17) is 4.74 Å². The molecule has 0 fully saturated rings. The lowest BCUT2D eigenvalue weighted by molar-refractivity contribution is -0.131. The average molecular weight is 378 g/mol. The SMILES string of the molecule is COc1cccc(CN(C)CC(=O)N(C)Cc2cnn(-c3ccccc3)c2)c1. The predicted octanol–water partition coefficient (Wildman–Crippen LogP) is 2.97. The van der Waals surface area contributed by atoms with E-state index in [9.17, 15) is 4.79 Å². The summed E-state index contributed by atoms with van der Waals surface area (Å²) in [5, 5.41) is 4.39. The van der Waals surface area contributed by atoms with E-state index in [1.165, 1.54) is 0 Å². The number of aromatic nitrogens is 2. The number of ether oxygens (including phenoxy) is 1. The lowest BCUT2D eigenvalue weighted by Gasteiger charge is -2.21. The third-order valence-electron chi connectivity index (χ3n) is 4.49. The zero-order chi connectivity index (χ0) is 19.9. The molecular weight excluding hydrogens is 352 g/mol. The molecule has 6 heteroatoms. The highest BCUT2D eigenvalue weighted by atomic mass is 16.5. The van der Waals surface area contributed by atoms with Gasteiger partial charge in [0.2, 0.25) is 5.91 Å². The Morgan fingerprint density at radius 1 is 1.04 bits per heavy atom. The van der Waals surface area contributed by atoms with Gasteiger partial charge in [-0.3, -0.25) is 9.69 Å². The molecular formula is C22H26N4O2. The van der Waals surface area contributed by atoms with Gasteiger partial charge in [-0.2, -0.15) is 5.10 Å². The minimum absolute atomic E-state index is 0.0675. The van der Waals surface area contributed by atoms with E-state index in [0.29, 0.717) is 19.6 Å². The first-order valence-corrected chi connectivity index (χ1v) is 9.19. The number of rotatable bonds is 8. The summed E-state index contributed by atoms with van der Waals surface area (Å²) in [6.45, 7) is 1.56. The Kier molecular flexibility index (Phi) is 6.45. The zero-order valence-electron chi connectivity index (χ0n) is 16.6. The number of methoxy groups -OCH3 is 1. The van der Waals surface area contributed by atoms with Crippen molar-refractivity contribution < 1.29 is 9.53 Å². The molecule has 3 rings (SSSR count). The lowest BCUT2D eigenvalue weighted by Crippen LogP contribution is -2.36. The normalized spacial score (nSPS) is 10.9. The fourth-order valence-electron chi connectivity index (χ4n) is 3.02. The van der Waals surface area contributed by atoms with Crippen molar-refractivity contribution in [1.29, 1.82) is 0 Å². The van der Waals surface area contributed by atoms with E-state index in [1.54, 1.807) is 18.2 Å². The van der Waals surface area contributed by atoms with Crippen molar-refractivity contribution in [1.82, 2.24) is 19.6 Å². The Labute approximate surface area is 166 Å². The molecule has 1 aromatic heterocycles. The number of carbonyl (C=O) groups is 1. The molecule has 0 atom stereocenters. The van der Waals surface area contributed by atoms with Crippen molar-refractivity contribution in [2.24, 2.45) is 0 Å². The fraction of sp³-hybridized carbons (Fsp3) is 0.273. The summed E-state index contributed by atoms with van der Waals surface area (Å²) in [6.07, 6.45) is 3.76. The van der Waals surface area contributed by atoms with E-state index >= 15 is 0 Å². The number of benzene rings is 2. The maximum atomic E-state index is 12.6. The fourth-order valence-corrected chi connectivity index (χ4v) is 3.02. The monoisotopic (exact) mass is 378 g/mol. The van der Waals surface area contributed by atoms with Crippen molar-refractivity contribution in [3.05, 3.63) is 78.1 Å². The summed E-state index contributed by atoms with van der Waals surface area (Å²) in [5.41, 5.74) is 3.11. The summed E-state index contributed by atoms with van der Waals surface area (Å²) in [4.78, 5) is 16.3. The Hall–Kier alpha value is -3.12. The second kappa shape index (κ2) is 9.19. The minimum atomic E-state index is 0.0675. The molecule has 0 aliphatic rings. The number of amides is 1. The molecule has 1 heterocycles. The molecule has 6 nitrogen and oxygen atoms in total. The van der Waals surface area contributed by atoms with Crippen LogP contribution < -0.4 is 4.74 Å². The smallest absolute Gasteiger partial charge is 0.236 e. The molecule has 1 amide bonds. The lowest BCUT2D eigenvalue weighted by atomic mass is 10.2. The molecule has 0 N–H and O–H groups in total. The molecule has 0 radical (unpaired) electrons. The first-order valence-electron chi connectivity index (χ1n) is 9.19. The molecule has 0 spiro atoms. The topological polar surface area (TPSA) is 50.6 Å². The van der Waals surface area contributed by atoms with E-state index < -0.39 is 0 Å². The van der Waals surface area contributed by atoms with E-state index in [2.05, 4.69) is 5.10 Å². The quantitative estimate of drug-likeness (QED) is 0.605. The Bertz CT molecular complexity index is 908. The predicted molar refractivity (Wildman–Crippen MR) is 109 cm³/mol. The van der Waals surface area contributed by atoms with Crippen LogP contribution in [0, 0.1) is 0 Å². The van der Waals surface area contributed by atoms with Gasteiger partial charge >= 0.3 is 0 Å². The highest BCUT2D eigenvalue weighted by molar-refractivity contribution is 5.77. The van der Waals surface area contributed by atoms with Crippen molar-refractivity contribution in [2.45, 2.75) is 13.1 Å². The van der Waals surface area contributed by atoms with Crippen LogP contribution >= 0.6 is 0 Å². The number of hydrogen-bond acceptors (Lipinski definition) is 4. The van der Waals surface area contributed by atoms with Crippen molar-refractivity contribution in [3.8, 4) is 11.4 Å². The molecule has 146 valence electrons.